The van der Waals surface area contributed by atoms with E-state index in [2.05, 4.69) is 20.5 Å². The molecule has 24 heavy (non-hydrogen) atoms. The Morgan fingerprint density at radius 2 is 2.04 bits per heavy atom. The number of fused-ring (bicyclic) bond motifs is 1. The summed E-state index contributed by atoms with van der Waals surface area (Å²) in [5, 5.41) is 11.4. The van der Waals surface area contributed by atoms with Crippen LogP contribution in [-0.4, -0.2) is 31.2 Å². The zero-order valence-electron chi connectivity index (χ0n) is 13.6. The van der Waals surface area contributed by atoms with Gasteiger partial charge in [0.05, 0.1) is 5.75 Å². The van der Waals surface area contributed by atoms with E-state index in [1.165, 1.54) is 17.8 Å². The number of benzene rings is 1. The molecule has 0 bridgehead atoms. The van der Waals surface area contributed by atoms with Crippen molar-refractivity contribution in [3.05, 3.63) is 51.4 Å². The van der Waals surface area contributed by atoms with Crippen molar-refractivity contribution in [1.82, 2.24) is 19.6 Å². The van der Waals surface area contributed by atoms with E-state index in [1.807, 2.05) is 32.0 Å². The minimum atomic E-state index is -0.225. The van der Waals surface area contributed by atoms with Crippen molar-refractivity contribution in [1.29, 1.82) is 0 Å². The lowest BCUT2D eigenvalue weighted by atomic mass is 10.1. The van der Waals surface area contributed by atoms with Gasteiger partial charge in [-0.05, 0) is 32.4 Å². The predicted octanol–water partition coefficient (Wildman–Crippen LogP) is 2.07. The molecule has 2 aromatic heterocycles. The third-order valence-corrected chi connectivity index (χ3v) is 4.48. The van der Waals surface area contributed by atoms with Crippen LogP contribution in [-0.2, 0) is 4.79 Å². The summed E-state index contributed by atoms with van der Waals surface area (Å²) in [4.78, 5) is 26.2. The summed E-state index contributed by atoms with van der Waals surface area (Å²) in [7, 11) is 0. The SMILES string of the molecule is Cc1ccc(NC(=O)CSc2nnc3[nH]c(=O)cc(C)n23)c(C)c1. The molecule has 2 N–H and O–H groups in total. The lowest BCUT2D eigenvalue weighted by molar-refractivity contribution is -0.113. The molecule has 0 aliphatic heterocycles. The van der Waals surface area contributed by atoms with Gasteiger partial charge in [-0.25, -0.2) is 0 Å². The number of aromatic nitrogens is 4. The first-order valence-corrected chi connectivity index (χ1v) is 8.37. The molecule has 0 saturated carbocycles. The maximum Gasteiger partial charge on any atom is 0.252 e. The number of anilines is 1. The van der Waals surface area contributed by atoms with Crippen molar-refractivity contribution in [3.8, 4) is 0 Å². The number of nitrogens with one attached hydrogen (secondary N) is 2. The fourth-order valence-corrected chi connectivity index (χ4v) is 3.22. The molecule has 0 aliphatic rings. The maximum atomic E-state index is 12.2. The normalized spacial score (nSPS) is 11.0. The average Bonchev–Trinajstić information content (AvgIpc) is 2.91. The molecule has 1 amide bonds. The van der Waals surface area contributed by atoms with E-state index in [0.29, 0.717) is 10.9 Å². The Morgan fingerprint density at radius 1 is 1.25 bits per heavy atom. The highest BCUT2D eigenvalue weighted by Gasteiger charge is 2.12. The second-order valence-electron chi connectivity index (χ2n) is 5.57. The molecule has 0 unspecified atom stereocenters. The van der Waals surface area contributed by atoms with Crippen LogP contribution in [0, 0.1) is 20.8 Å². The molecule has 0 saturated heterocycles. The molecule has 8 heteroatoms. The number of aromatic amines is 1. The first-order valence-electron chi connectivity index (χ1n) is 7.39. The zero-order valence-corrected chi connectivity index (χ0v) is 14.4. The minimum absolute atomic E-state index is 0.120. The van der Waals surface area contributed by atoms with Gasteiger partial charge in [-0.1, -0.05) is 29.5 Å². The summed E-state index contributed by atoms with van der Waals surface area (Å²) in [5.41, 5.74) is 3.47. The summed E-state index contributed by atoms with van der Waals surface area (Å²) in [6.45, 7) is 5.77. The van der Waals surface area contributed by atoms with Crippen LogP contribution in [0.4, 0.5) is 5.69 Å². The van der Waals surface area contributed by atoms with E-state index in [9.17, 15) is 9.59 Å². The molecular weight excluding hydrogens is 326 g/mol. The van der Waals surface area contributed by atoms with E-state index in [1.54, 1.807) is 11.3 Å². The Labute approximate surface area is 142 Å². The number of rotatable bonds is 4. The lowest BCUT2D eigenvalue weighted by Gasteiger charge is -2.09. The summed E-state index contributed by atoms with van der Waals surface area (Å²) in [6, 6.07) is 7.35. The Hall–Kier alpha value is -2.61. The van der Waals surface area contributed by atoms with Crippen molar-refractivity contribution in [2.24, 2.45) is 0 Å². The second kappa shape index (κ2) is 6.48. The smallest absolute Gasteiger partial charge is 0.252 e. The third kappa shape index (κ3) is 3.33. The number of hydrogen-bond donors (Lipinski definition) is 2. The van der Waals surface area contributed by atoms with Crippen LogP contribution in [0.25, 0.3) is 5.78 Å². The van der Waals surface area contributed by atoms with E-state index >= 15 is 0 Å². The molecule has 1 aromatic carbocycles. The van der Waals surface area contributed by atoms with Crippen molar-refractivity contribution in [2.75, 3.05) is 11.1 Å². The van der Waals surface area contributed by atoms with Crippen LogP contribution in [0.1, 0.15) is 16.8 Å². The number of hydrogen-bond acceptors (Lipinski definition) is 5. The van der Waals surface area contributed by atoms with Gasteiger partial charge in [-0.3, -0.25) is 19.0 Å². The fraction of sp³-hybridized carbons (Fsp3) is 0.250. The largest absolute Gasteiger partial charge is 0.325 e. The predicted molar refractivity (Wildman–Crippen MR) is 93.6 cm³/mol. The molecule has 0 spiro atoms. The van der Waals surface area contributed by atoms with Crippen LogP contribution in [0.2, 0.25) is 0 Å². The highest BCUT2D eigenvalue weighted by molar-refractivity contribution is 7.99. The Bertz CT molecular complexity index is 976. The summed E-state index contributed by atoms with van der Waals surface area (Å²) in [5.74, 6) is 0.454. The molecule has 0 atom stereocenters. The van der Waals surface area contributed by atoms with Crippen LogP contribution < -0.4 is 10.9 Å². The second-order valence-corrected chi connectivity index (χ2v) is 6.51. The number of nitrogens with zero attached hydrogens (tertiary/aromatic N) is 3. The van der Waals surface area contributed by atoms with Crippen LogP contribution >= 0.6 is 11.8 Å². The van der Waals surface area contributed by atoms with Crippen LogP contribution in [0.15, 0.2) is 34.2 Å². The number of carbonyl (C=O) groups is 1. The minimum Gasteiger partial charge on any atom is -0.325 e. The average molecular weight is 343 g/mol. The van der Waals surface area contributed by atoms with Crippen LogP contribution in [0.3, 0.4) is 0 Å². The zero-order chi connectivity index (χ0) is 17.3. The number of amides is 1. The number of thioether (sulfide) groups is 1. The standard InChI is InChI=1S/C16H17N5O2S/c1-9-4-5-12(10(2)6-9)17-14(23)8-24-16-20-19-15-18-13(22)7-11(3)21(15)16/h4-7H,8H2,1-3H3,(H,17,23)(H,18,19,22). The van der Waals surface area contributed by atoms with E-state index in [4.69, 9.17) is 0 Å². The molecule has 3 rings (SSSR count). The van der Waals surface area contributed by atoms with E-state index < -0.39 is 0 Å². The van der Waals surface area contributed by atoms with Gasteiger partial charge >= 0.3 is 0 Å². The monoisotopic (exact) mass is 343 g/mol. The molecule has 0 radical (unpaired) electrons. The van der Waals surface area contributed by atoms with Gasteiger partial charge in [0, 0.05) is 17.4 Å². The first-order chi connectivity index (χ1) is 11.4. The first kappa shape index (κ1) is 16.3. The summed E-state index contributed by atoms with van der Waals surface area (Å²) in [6.07, 6.45) is 0. The topological polar surface area (TPSA) is 92.2 Å². The van der Waals surface area contributed by atoms with Gasteiger partial charge in [0.2, 0.25) is 11.7 Å². The molecule has 0 fully saturated rings. The van der Waals surface area contributed by atoms with Crippen molar-refractivity contribution in [2.45, 2.75) is 25.9 Å². The highest BCUT2D eigenvalue weighted by Crippen LogP contribution is 2.19. The van der Waals surface area contributed by atoms with Gasteiger partial charge in [0.25, 0.3) is 5.56 Å². The fourth-order valence-electron chi connectivity index (χ4n) is 2.43. The van der Waals surface area contributed by atoms with Gasteiger partial charge in [-0.15, -0.1) is 10.2 Å². The quantitative estimate of drug-likeness (QED) is 0.708. The van der Waals surface area contributed by atoms with Gasteiger partial charge in [0.1, 0.15) is 0 Å². The molecule has 124 valence electrons. The number of carbonyl (C=O) groups excluding carboxylic acids is 1. The Morgan fingerprint density at radius 3 is 2.79 bits per heavy atom. The van der Waals surface area contributed by atoms with E-state index in [-0.39, 0.29) is 17.2 Å². The Balaban J connectivity index is 1.72. The molecule has 2 heterocycles. The molecule has 7 nitrogen and oxygen atoms in total. The summed E-state index contributed by atoms with van der Waals surface area (Å²) >= 11 is 1.27. The van der Waals surface area contributed by atoms with Crippen LogP contribution in [0.5, 0.6) is 0 Å². The highest BCUT2D eigenvalue weighted by atomic mass is 32.2. The van der Waals surface area contributed by atoms with Gasteiger partial charge < -0.3 is 5.32 Å². The molecule has 3 aromatic rings. The molecular formula is C16H17N5O2S. The molecule has 0 aliphatic carbocycles. The van der Waals surface area contributed by atoms with Gasteiger partial charge in [-0.2, -0.15) is 0 Å². The summed E-state index contributed by atoms with van der Waals surface area (Å²) < 4.78 is 1.72. The number of aryl methyl sites for hydroxylation is 3. The van der Waals surface area contributed by atoms with Crippen molar-refractivity contribution in [3.63, 3.8) is 0 Å². The number of H-pyrrole nitrogens is 1. The van der Waals surface area contributed by atoms with Crippen molar-refractivity contribution < 1.29 is 4.79 Å². The van der Waals surface area contributed by atoms with E-state index in [0.717, 1.165) is 22.5 Å². The maximum absolute atomic E-state index is 12.2. The van der Waals surface area contributed by atoms with Crippen molar-refractivity contribution >= 4 is 29.1 Å². The van der Waals surface area contributed by atoms with Gasteiger partial charge in [0.15, 0.2) is 5.16 Å². The Kier molecular flexibility index (Phi) is 4.39. The third-order valence-electron chi connectivity index (χ3n) is 3.55. The lowest BCUT2D eigenvalue weighted by Crippen LogP contribution is -2.15.